The van der Waals surface area contributed by atoms with E-state index in [4.69, 9.17) is 0 Å². The maximum atomic E-state index is 11.9. The lowest BCUT2D eigenvalue weighted by Crippen LogP contribution is -2.50. The van der Waals surface area contributed by atoms with Crippen LogP contribution in [0.2, 0.25) is 0 Å². The zero-order valence-electron chi connectivity index (χ0n) is 7.56. The van der Waals surface area contributed by atoms with Gasteiger partial charge in [-0.05, 0) is 6.92 Å². The van der Waals surface area contributed by atoms with E-state index < -0.39 is 35.1 Å². The molecule has 0 N–H and O–H groups in total. The van der Waals surface area contributed by atoms with E-state index in [0.29, 0.717) is 0 Å². The molecule has 4 nitrogen and oxygen atoms in total. The highest BCUT2D eigenvalue weighted by atomic mass is 19.4. The van der Waals surface area contributed by atoms with Gasteiger partial charge in [-0.3, -0.25) is 0 Å². The van der Waals surface area contributed by atoms with Crippen LogP contribution in [0.5, 0.6) is 0 Å². The van der Waals surface area contributed by atoms with Crippen LogP contribution < -0.4 is 0 Å². The molecule has 0 atom stereocenters. The smallest absolute Gasteiger partial charge is 0.455 e. The van der Waals surface area contributed by atoms with Gasteiger partial charge in [0.15, 0.2) is 0 Å². The van der Waals surface area contributed by atoms with Crippen molar-refractivity contribution in [3.05, 3.63) is 0 Å². The number of hydrogen-bond acceptors (Lipinski definition) is 4. The van der Waals surface area contributed by atoms with Gasteiger partial charge in [-0.1, -0.05) is 17.9 Å². The van der Waals surface area contributed by atoms with Crippen molar-refractivity contribution >= 4 is 5.97 Å². The average molecular weight is 258 g/mol. The highest BCUT2D eigenvalue weighted by Gasteiger charge is 2.47. The minimum absolute atomic E-state index is 0.177. The van der Waals surface area contributed by atoms with Gasteiger partial charge in [0.1, 0.15) is 6.61 Å². The molecule has 0 saturated carbocycles. The Morgan fingerprint density at radius 1 is 1.12 bits per heavy atom. The highest BCUT2D eigenvalue weighted by Crippen LogP contribution is 2.25. The summed E-state index contributed by atoms with van der Waals surface area (Å²) < 4.78 is 85.6. The van der Waals surface area contributed by atoms with Gasteiger partial charge < -0.3 is 4.74 Å². The number of carbonyl (C=O) groups is 1. The van der Waals surface area contributed by atoms with E-state index in [0.717, 1.165) is 0 Å². The van der Waals surface area contributed by atoms with Crippen molar-refractivity contribution in [3.8, 4) is 0 Å². The highest BCUT2D eigenvalue weighted by molar-refractivity contribution is 5.75. The number of nitrogens with zero attached hydrogens (tertiary/aromatic N) is 2. The second-order valence-electron chi connectivity index (χ2n) is 2.76. The number of hydrogen-bond donors (Lipinski definition) is 0. The van der Waals surface area contributed by atoms with Crippen LogP contribution in [0.25, 0.3) is 0 Å². The summed E-state index contributed by atoms with van der Waals surface area (Å²) in [7, 11) is 0. The van der Waals surface area contributed by atoms with E-state index >= 15 is 0 Å². The second kappa shape index (κ2) is 4.82. The summed E-state index contributed by atoms with van der Waals surface area (Å²) in [6.07, 6.45) is -5.43. The topological polar surface area (TPSA) is 32.8 Å². The first kappa shape index (κ1) is 14.9. The van der Waals surface area contributed by atoms with Crippen molar-refractivity contribution in [2.75, 3.05) is 6.61 Å². The molecule has 0 bridgehead atoms. The fourth-order valence-corrected chi connectivity index (χ4v) is 0.439. The van der Waals surface area contributed by atoms with Gasteiger partial charge in [0.2, 0.25) is 5.66 Å². The molecule has 0 rings (SSSR count). The maximum absolute atomic E-state index is 11.9. The second-order valence-corrected chi connectivity index (χ2v) is 2.76. The summed E-state index contributed by atoms with van der Waals surface area (Å²) in [6, 6.07) is 0. The average Bonchev–Trinajstić information content (AvgIpc) is 2.11. The van der Waals surface area contributed by atoms with Gasteiger partial charge in [-0.15, -0.1) is 0 Å². The fourth-order valence-electron chi connectivity index (χ4n) is 0.439. The molecule has 0 aliphatic carbocycles. The Morgan fingerprint density at radius 3 is 1.75 bits per heavy atom. The summed E-state index contributed by atoms with van der Waals surface area (Å²) in [6.45, 7) is -1.68. The van der Waals surface area contributed by atoms with Gasteiger partial charge in [0, 0.05) is 0 Å². The van der Waals surface area contributed by atoms with E-state index in [1.807, 2.05) is 0 Å². The lowest BCUT2D eigenvalue weighted by molar-refractivity contribution is -0.373. The Kier molecular flexibility index (Phi) is 4.49. The van der Waals surface area contributed by atoms with Crippen LogP contribution in [0.1, 0.15) is 6.92 Å². The summed E-state index contributed by atoms with van der Waals surface area (Å²) in [4.78, 5) is 10.1. The van der Waals surface area contributed by atoms with Crippen LogP contribution in [-0.4, -0.2) is 35.1 Å². The third kappa shape index (κ3) is 3.48. The summed E-state index contributed by atoms with van der Waals surface area (Å²) in [5.41, 5.74) is -3.44. The molecular weight excluding hydrogens is 253 g/mol. The van der Waals surface area contributed by atoms with Gasteiger partial charge in [0.25, 0.3) is 0 Å². The molecule has 0 aromatic rings. The van der Waals surface area contributed by atoms with Crippen LogP contribution in [0.3, 0.4) is 0 Å². The van der Waals surface area contributed by atoms with Gasteiger partial charge in [0.05, 0.1) is 10.7 Å². The molecule has 0 saturated heterocycles. The zero-order valence-corrected chi connectivity index (χ0v) is 7.56. The molecule has 0 spiro atoms. The van der Waals surface area contributed by atoms with E-state index in [2.05, 4.69) is 4.74 Å². The van der Waals surface area contributed by atoms with Crippen LogP contribution >= 0.6 is 0 Å². The molecular formula is C5H5F7N2O2. The number of esters is 1. The molecule has 0 aromatic carbocycles. The largest absolute Gasteiger partial charge is 0.490 e. The molecule has 0 aromatic heterocycles. The minimum atomic E-state index is -5.43. The number of carbonyl (C=O) groups excluding carboxylic acids is 1. The van der Waals surface area contributed by atoms with E-state index in [1.54, 1.807) is 0 Å². The molecule has 0 radical (unpaired) electrons. The number of halogens is 7. The molecule has 0 amide bonds. The van der Waals surface area contributed by atoms with Crippen LogP contribution in [0, 0.1) is 0 Å². The molecule has 0 aliphatic heterocycles. The van der Waals surface area contributed by atoms with E-state index in [1.165, 1.54) is 0 Å². The van der Waals surface area contributed by atoms with Crippen molar-refractivity contribution in [2.45, 2.75) is 18.8 Å². The fraction of sp³-hybridized carbons (Fsp3) is 0.800. The quantitative estimate of drug-likeness (QED) is 0.334. The predicted molar refractivity (Wildman–Crippen MR) is 33.5 cm³/mol. The Labute approximate surface area is 83.9 Å². The molecule has 0 fully saturated rings. The first-order valence-corrected chi connectivity index (χ1v) is 3.49. The molecule has 0 unspecified atom stereocenters. The number of ether oxygens (including phenoxy) is 1. The van der Waals surface area contributed by atoms with Gasteiger partial charge in [-0.25, -0.2) is 4.79 Å². The van der Waals surface area contributed by atoms with Crippen molar-refractivity contribution < 1.29 is 40.6 Å². The molecule has 96 valence electrons. The molecule has 0 aliphatic rings. The van der Waals surface area contributed by atoms with Crippen molar-refractivity contribution in [1.82, 2.24) is 10.7 Å². The Morgan fingerprint density at radius 2 is 1.50 bits per heavy atom. The van der Waals surface area contributed by atoms with Crippen molar-refractivity contribution in [3.63, 3.8) is 0 Å². The van der Waals surface area contributed by atoms with Crippen LogP contribution in [0.15, 0.2) is 0 Å². The monoisotopic (exact) mass is 258 g/mol. The minimum Gasteiger partial charge on any atom is -0.455 e. The maximum Gasteiger partial charge on any atom is 0.490 e. The van der Waals surface area contributed by atoms with Crippen molar-refractivity contribution in [2.24, 2.45) is 0 Å². The standard InChI is InChI=1S/C5H5F7N2O2/c1-4(13(9)10,14(11)12)2-16-3(15)5(6,7)8/h2H2,1H3. The normalized spacial score (nSPS) is 13.4. The third-order valence-corrected chi connectivity index (χ3v) is 1.44. The van der Waals surface area contributed by atoms with E-state index in [9.17, 15) is 35.9 Å². The zero-order chi connectivity index (χ0) is 13.1. The summed E-state index contributed by atoms with van der Waals surface area (Å²) in [5.74, 6) is -2.83. The predicted octanol–water partition coefficient (Wildman–Crippen LogP) is 1.95. The lowest BCUT2D eigenvalue weighted by atomic mass is 10.2. The first-order valence-electron chi connectivity index (χ1n) is 3.49. The first-order chi connectivity index (χ1) is 7.01. The molecule has 11 heteroatoms. The van der Waals surface area contributed by atoms with Crippen molar-refractivity contribution in [1.29, 1.82) is 0 Å². The van der Waals surface area contributed by atoms with Gasteiger partial charge in [-0.2, -0.15) is 13.2 Å². The SMILES string of the molecule is CC(COC(=O)C(F)(F)F)(N(F)F)N(F)F. The van der Waals surface area contributed by atoms with Gasteiger partial charge >= 0.3 is 12.1 Å². The Hall–Kier alpha value is -1.10. The van der Waals surface area contributed by atoms with E-state index in [-0.39, 0.29) is 6.92 Å². The number of rotatable bonds is 4. The molecule has 16 heavy (non-hydrogen) atoms. The number of alkyl halides is 3. The third-order valence-electron chi connectivity index (χ3n) is 1.44. The summed E-state index contributed by atoms with van der Waals surface area (Å²) >= 11 is 0. The lowest BCUT2D eigenvalue weighted by Gasteiger charge is -2.27. The molecule has 0 heterocycles. The van der Waals surface area contributed by atoms with Crippen LogP contribution in [0.4, 0.5) is 31.1 Å². The van der Waals surface area contributed by atoms with Crippen LogP contribution in [-0.2, 0) is 9.53 Å². The summed E-state index contributed by atoms with van der Waals surface area (Å²) in [5, 5.41) is -4.15. The Bertz CT molecular complexity index is 246. The Balaban J connectivity index is 4.53.